The van der Waals surface area contributed by atoms with Gasteiger partial charge in [0.05, 0.1) is 6.61 Å². The molecule has 0 radical (unpaired) electrons. The summed E-state index contributed by atoms with van der Waals surface area (Å²) in [4.78, 5) is 11.4. The SMILES string of the molecule is CC(C)(COc1ccccc1C(=O)O)c1ccc2c(c1)C(C)(C)CCC2(C)C. The Morgan fingerprint density at radius 3 is 2.25 bits per heavy atom. The lowest BCUT2D eigenvalue weighted by atomic mass is 9.62. The minimum Gasteiger partial charge on any atom is -0.492 e. The molecule has 1 aliphatic rings. The van der Waals surface area contributed by atoms with E-state index in [2.05, 4.69) is 59.7 Å². The first-order valence-corrected chi connectivity index (χ1v) is 10.0. The third-order valence-electron chi connectivity index (χ3n) is 6.34. The Bertz CT molecular complexity index is 890. The van der Waals surface area contributed by atoms with E-state index in [1.807, 2.05) is 0 Å². The average molecular weight is 381 g/mol. The van der Waals surface area contributed by atoms with Gasteiger partial charge in [0, 0.05) is 5.41 Å². The Hall–Kier alpha value is -2.29. The number of rotatable bonds is 5. The van der Waals surface area contributed by atoms with Crippen molar-refractivity contribution < 1.29 is 14.6 Å². The Kier molecular flexibility index (Phi) is 5.07. The summed E-state index contributed by atoms with van der Waals surface area (Å²) in [6.07, 6.45) is 2.38. The van der Waals surface area contributed by atoms with Crippen molar-refractivity contribution in [3.63, 3.8) is 0 Å². The van der Waals surface area contributed by atoms with E-state index in [-0.39, 0.29) is 21.8 Å². The van der Waals surface area contributed by atoms with Crippen LogP contribution in [0.2, 0.25) is 0 Å². The zero-order valence-electron chi connectivity index (χ0n) is 17.9. The van der Waals surface area contributed by atoms with Gasteiger partial charge in [0.2, 0.25) is 0 Å². The topological polar surface area (TPSA) is 46.5 Å². The van der Waals surface area contributed by atoms with Crippen LogP contribution in [-0.4, -0.2) is 17.7 Å². The van der Waals surface area contributed by atoms with E-state index in [4.69, 9.17) is 4.74 Å². The highest BCUT2D eigenvalue weighted by Gasteiger charge is 2.38. The molecular weight excluding hydrogens is 348 g/mol. The average Bonchev–Trinajstić information content (AvgIpc) is 2.64. The van der Waals surface area contributed by atoms with Gasteiger partial charge in [-0.15, -0.1) is 0 Å². The van der Waals surface area contributed by atoms with E-state index < -0.39 is 5.97 Å². The first-order chi connectivity index (χ1) is 12.9. The molecule has 0 amide bonds. The van der Waals surface area contributed by atoms with Crippen LogP contribution in [0.25, 0.3) is 0 Å². The van der Waals surface area contributed by atoms with Gasteiger partial charge in [-0.05, 0) is 52.5 Å². The lowest BCUT2D eigenvalue weighted by Gasteiger charge is -2.42. The number of carboxylic acids is 1. The largest absolute Gasteiger partial charge is 0.492 e. The Balaban J connectivity index is 1.90. The van der Waals surface area contributed by atoms with Crippen molar-refractivity contribution in [3.8, 4) is 5.75 Å². The van der Waals surface area contributed by atoms with Gasteiger partial charge < -0.3 is 9.84 Å². The summed E-state index contributed by atoms with van der Waals surface area (Å²) >= 11 is 0. The molecule has 0 saturated carbocycles. The molecule has 0 aromatic heterocycles. The predicted molar refractivity (Wildman–Crippen MR) is 114 cm³/mol. The quantitative estimate of drug-likeness (QED) is 0.683. The van der Waals surface area contributed by atoms with Gasteiger partial charge in [-0.2, -0.15) is 0 Å². The Labute approximate surface area is 168 Å². The molecule has 0 spiro atoms. The Morgan fingerprint density at radius 1 is 1.00 bits per heavy atom. The van der Waals surface area contributed by atoms with Crippen LogP contribution >= 0.6 is 0 Å². The van der Waals surface area contributed by atoms with Crippen LogP contribution in [0.3, 0.4) is 0 Å². The number of benzene rings is 2. The predicted octanol–water partition coefficient (Wildman–Crippen LogP) is 6.09. The minimum atomic E-state index is -0.967. The minimum absolute atomic E-state index is 0.160. The number of hydrogen-bond donors (Lipinski definition) is 1. The van der Waals surface area contributed by atoms with E-state index in [1.165, 1.54) is 29.5 Å². The maximum Gasteiger partial charge on any atom is 0.339 e. The number of fused-ring (bicyclic) bond motifs is 1. The van der Waals surface area contributed by atoms with Crippen LogP contribution in [0.15, 0.2) is 42.5 Å². The normalized spacial score (nSPS) is 17.6. The second kappa shape index (κ2) is 6.95. The summed E-state index contributed by atoms with van der Waals surface area (Å²) in [5, 5.41) is 9.37. The first-order valence-electron chi connectivity index (χ1n) is 10.0. The molecule has 0 atom stereocenters. The number of ether oxygens (including phenoxy) is 1. The van der Waals surface area contributed by atoms with Crippen LogP contribution in [0, 0.1) is 0 Å². The second-order valence-corrected chi connectivity index (χ2v) is 10.0. The van der Waals surface area contributed by atoms with Crippen molar-refractivity contribution in [2.75, 3.05) is 6.61 Å². The van der Waals surface area contributed by atoms with Crippen LogP contribution < -0.4 is 4.74 Å². The summed E-state index contributed by atoms with van der Waals surface area (Å²) in [6, 6.07) is 13.7. The summed E-state index contributed by atoms with van der Waals surface area (Å²) in [5.74, 6) is -0.548. The number of carbonyl (C=O) groups is 1. The number of hydrogen-bond acceptors (Lipinski definition) is 2. The third kappa shape index (κ3) is 3.80. The highest BCUT2D eigenvalue weighted by molar-refractivity contribution is 5.90. The summed E-state index contributed by atoms with van der Waals surface area (Å²) in [7, 11) is 0. The van der Waals surface area contributed by atoms with Gasteiger partial charge in [0.25, 0.3) is 0 Å². The number of carboxylic acid groups (broad SMARTS) is 1. The molecule has 0 heterocycles. The zero-order chi connectivity index (χ0) is 20.7. The van der Waals surface area contributed by atoms with E-state index in [0.29, 0.717) is 12.4 Å². The van der Waals surface area contributed by atoms with Gasteiger partial charge in [0.1, 0.15) is 11.3 Å². The van der Waals surface area contributed by atoms with E-state index in [9.17, 15) is 9.90 Å². The summed E-state index contributed by atoms with van der Waals surface area (Å²) < 4.78 is 5.97. The van der Waals surface area contributed by atoms with Gasteiger partial charge in [-0.3, -0.25) is 0 Å². The fraction of sp³-hybridized carbons (Fsp3) is 0.480. The fourth-order valence-electron chi connectivity index (χ4n) is 4.12. The molecule has 3 nitrogen and oxygen atoms in total. The maximum absolute atomic E-state index is 11.4. The van der Waals surface area contributed by atoms with Crippen molar-refractivity contribution in [3.05, 3.63) is 64.7 Å². The van der Waals surface area contributed by atoms with E-state index in [1.54, 1.807) is 24.3 Å². The second-order valence-electron chi connectivity index (χ2n) is 10.0. The van der Waals surface area contributed by atoms with Gasteiger partial charge >= 0.3 is 5.97 Å². The van der Waals surface area contributed by atoms with Crippen LogP contribution in [0.5, 0.6) is 5.75 Å². The molecule has 3 heteroatoms. The molecule has 28 heavy (non-hydrogen) atoms. The zero-order valence-corrected chi connectivity index (χ0v) is 17.9. The van der Waals surface area contributed by atoms with Crippen LogP contribution in [0.4, 0.5) is 0 Å². The monoisotopic (exact) mass is 380 g/mol. The van der Waals surface area contributed by atoms with Gasteiger partial charge in [-0.25, -0.2) is 4.79 Å². The van der Waals surface area contributed by atoms with Crippen LogP contribution in [0.1, 0.15) is 81.4 Å². The molecule has 0 unspecified atom stereocenters. The van der Waals surface area contributed by atoms with E-state index in [0.717, 1.165) is 0 Å². The molecule has 3 rings (SSSR count). The highest BCUT2D eigenvalue weighted by atomic mass is 16.5. The fourth-order valence-corrected chi connectivity index (χ4v) is 4.12. The van der Waals surface area contributed by atoms with E-state index >= 15 is 0 Å². The molecular formula is C25H32O3. The summed E-state index contributed by atoms with van der Waals surface area (Å²) in [5.41, 5.74) is 4.42. The van der Waals surface area contributed by atoms with Crippen LogP contribution in [-0.2, 0) is 16.2 Å². The maximum atomic E-state index is 11.4. The molecule has 0 aliphatic heterocycles. The molecule has 150 valence electrons. The summed E-state index contributed by atoms with van der Waals surface area (Å²) in [6.45, 7) is 14.0. The van der Waals surface area contributed by atoms with Gasteiger partial charge in [0.15, 0.2) is 0 Å². The molecule has 1 N–H and O–H groups in total. The molecule has 0 bridgehead atoms. The molecule has 0 saturated heterocycles. The third-order valence-corrected chi connectivity index (χ3v) is 6.34. The Morgan fingerprint density at radius 2 is 1.61 bits per heavy atom. The first kappa shape index (κ1) is 20.4. The standard InChI is InChI=1S/C25H32O3/c1-23(2)13-14-24(3,4)20-15-17(11-12-19(20)23)25(5,6)16-28-21-10-8-7-9-18(21)22(26)27/h7-12,15H,13-14,16H2,1-6H3,(H,26,27). The lowest BCUT2D eigenvalue weighted by molar-refractivity contribution is 0.0691. The molecule has 2 aromatic carbocycles. The van der Waals surface area contributed by atoms with Crippen molar-refractivity contribution in [1.29, 1.82) is 0 Å². The molecule has 0 fully saturated rings. The molecule has 2 aromatic rings. The van der Waals surface area contributed by atoms with Crippen molar-refractivity contribution in [2.24, 2.45) is 0 Å². The highest BCUT2D eigenvalue weighted by Crippen LogP contribution is 2.46. The number of para-hydroxylation sites is 1. The smallest absolute Gasteiger partial charge is 0.339 e. The lowest BCUT2D eigenvalue weighted by Crippen LogP contribution is -2.35. The van der Waals surface area contributed by atoms with Crippen molar-refractivity contribution in [1.82, 2.24) is 0 Å². The van der Waals surface area contributed by atoms with Crippen molar-refractivity contribution >= 4 is 5.97 Å². The molecule has 1 aliphatic carbocycles. The number of aromatic carboxylic acids is 1. The van der Waals surface area contributed by atoms with Gasteiger partial charge in [-0.1, -0.05) is 71.9 Å². The van der Waals surface area contributed by atoms with Crippen molar-refractivity contribution in [2.45, 2.75) is 70.6 Å².